The Bertz CT molecular complexity index is 228. The number of carbonyl (C=O) groups is 1. The number of amides is 1. The first-order chi connectivity index (χ1) is 5.18. The predicted octanol–water partition coefficient (Wildman–Crippen LogP) is -0.137. The standard InChI is InChI=1S/C7H9NO2S/c1-5-3-8-6(9)2-7(8)11(10)4-5/h7H,1-4H2/t7-,11?/m0/s1. The molecule has 60 valence electrons. The Morgan fingerprint density at radius 1 is 1.73 bits per heavy atom. The van der Waals surface area contributed by atoms with Gasteiger partial charge in [0.05, 0.1) is 13.0 Å². The summed E-state index contributed by atoms with van der Waals surface area (Å²) in [5.74, 6) is 0.693. The Morgan fingerprint density at radius 3 is 3.09 bits per heavy atom. The molecule has 2 aliphatic rings. The Kier molecular flexibility index (Phi) is 1.47. The van der Waals surface area contributed by atoms with Gasteiger partial charge in [0.2, 0.25) is 5.91 Å². The van der Waals surface area contributed by atoms with Gasteiger partial charge in [0.1, 0.15) is 5.75 Å². The molecule has 1 amide bonds. The van der Waals surface area contributed by atoms with Gasteiger partial charge in [0.15, 0.2) is 5.37 Å². The molecular formula is C7H9NO2S. The molecule has 0 aromatic carbocycles. The molecule has 0 radical (unpaired) electrons. The summed E-state index contributed by atoms with van der Waals surface area (Å²) in [6.07, 6.45) is 0.472. The molecular weight excluding hydrogens is 162 g/mol. The van der Waals surface area contributed by atoms with Crippen LogP contribution in [0.5, 0.6) is 0 Å². The van der Waals surface area contributed by atoms with Gasteiger partial charge in [0.25, 0.3) is 0 Å². The van der Waals surface area contributed by atoms with Gasteiger partial charge in [-0.05, 0) is 16.7 Å². The largest absolute Gasteiger partial charge is 0.614 e. The molecule has 0 aromatic heterocycles. The van der Waals surface area contributed by atoms with E-state index in [2.05, 4.69) is 6.58 Å². The Morgan fingerprint density at radius 2 is 2.45 bits per heavy atom. The van der Waals surface area contributed by atoms with E-state index < -0.39 is 11.2 Å². The molecule has 11 heavy (non-hydrogen) atoms. The van der Waals surface area contributed by atoms with Crippen LogP contribution in [0.3, 0.4) is 0 Å². The summed E-state index contributed by atoms with van der Waals surface area (Å²) in [5, 5.41) is 0.00741. The van der Waals surface area contributed by atoms with E-state index in [1.165, 1.54) is 0 Å². The summed E-state index contributed by atoms with van der Waals surface area (Å²) in [4.78, 5) is 12.6. The molecule has 0 spiro atoms. The third-order valence-electron chi connectivity index (χ3n) is 2.06. The van der Waals surface area contributed by atoms with Crippen LogP contribution in [-0.4, -0.2) is 33.0 Å². The lowest BCUT2D eigenvalue weighted by atomic mass is 10.1. The van der Waals surface area contributed by atoms with Gasteiger partial charge in [-0.1, -0.05) is 6.58 Å². The van der Waals surface area contributed by atoms with Crippen LogP contribution in [0.25, 0.3) is 0 Å². The second kappa shape index (κ2) is 2.25. The van der Waals surface area contributed by atoms with Crippen molar-refractivity contribution in [3.8, 4) is 0 Å². The van der Waals surface area contributed by atoms with Crippen molar-refractivity contribution in [3.63, 3.8) is 0 Å². The molecule has 0 bridgehead atoms. The molecule has 2 rings (SSSR count). The maximum absolute atomic E-state index is 11.3. The fourth-order valence-corrected chi connectivity index (χ4v) is 2.92. The van der Waals surface area contributed by atoms with Gasteiger partial charge in [-0.3, -0.25) is 9.69 Å². The second-order valence-electron chi connectivity index (χ2n) is 2.96. The van der Waals surface area contributed by atoms with E-state index in [0.29, 0.717) is 18.7 Å². The second-order valence-corrected chi connectivity index (χ2v) is 4.55. The minimum Gasteiger partial charge on any atom is -0.614 e. The summed E-state index contributed by atoms with van der Waals surface area (Å²) in [7, 11) is 0. The number of carbonyl (C=O) groups excluding carboxylic acids is 1. The molecule has 2 saturated heterocycles. The summed E-state index contributed by atoms with van der Waals surface area (Å²) >= 11 is -0.873. The van der Waals surface area contributed by atoms with E-state index in [-0.39, 0.29) is 11.3 Å². The third kappa shape index (κ3) is 0.973. The molecule has 0 N–H and O–H groups in total. The average molecular weight is 171 g/mol. The number of hydrogen-bond donors (Lipinski definition) is 0. The van der Waals surface area contributed by atoms with Gasteiger partial charge in [-0.15, -0.1) is 0 Å². The van der Waals surface area contributed by atoms with E-state index in [0.717, 1.165) is 5.57 Å². The maximum Gasteiger partial charge on any atom is 0.233 e. The van der Waals surface area contributed by atoms with Crippen molar-refractivity contribution in [2.24, 2.45) is 0 Å². The first kappa shape index (κ1) is 7.18. The van der Waals surface area contributed by atoms with Crippen LogP contribution < -0.4 is 0 Å². The van der Waals surface area contributed by atoms with E-state index in [9.17, 15) is 9.35 Å². The molecule has 0 aromatic rings. The third-order valence-corrected chi connectivity index (χ3v) is 3.78. The van der Waals surface area contributed by atoms with Crippen LogP contribution in [0, 0.1) is 0 Å². The van der Waals surface area contributed by atoms with E-state index in [4.69, 9.17) is 0 Å². The Hall–Kier alpha value is -0.480. The number of hydrogen-bond acceptors (Lipinski definition) is 2. The van der Waals surface area contributed by atoms with Crippen molar-refractivity contribution >= 4 is 17.1 Å². The highest BCUT2D eigenvalue weighted by molar-refractivity contribution is 7.92. The van der Waals surface area contributed by atoms with Crippen LogP contribution in [0.1, 0.15) is 6.42 Å². The highest BCUT2D eigenvalue weighted by Gasteiger charge is 2.47. The average Bonchev–Trinajstić information content (AvgIpc) is 1.93. The van der Waals surface area contributed by atoms with E-state index in [1.54, 1.807) is 4.90 Å². The van der Waals surface area contributed by atoms with Crippen molar-refractivity contribution in [3.05, 3.63) is 12.2 Å². The van der Waals surface area contributed by atoms with Crippen molar-refractivity contribution in [2.45, 2.75) is 11.8 Å². The fourth-order valence-electron chi connectivity index (χ4n) is 1.43. The van der Waals surface area contributed by atoms with Crippen LogP contribution in [0.15, 0.2) is 12.2 Å². The molecule has 2 fully saturated rings. The molecule has 1 unspecified atom stereocenters. The number of nitrogens with zero attached hydrogens (tertiary/aromatic N) is 1. The topological polar surface area (TPSA) is 43.4 Å². The molecule has 0 aliphatic carbocycles. The smallest absolute Gasteiger partial charge is 0.233 e. The number of fused-ring (bicyclic) bond motifs is 1. The van der Waals surface area contributed by atoms with Crippen molar-refractivity contribution in [1.29, 1.82) is 0 Å². The lowest BCUT2D eigenvalue weighted by Gasteiger charge is -2.44. The van der Waals surface area contributed by atoms with Crippen LogP contribution >= 0.6 is 0 Å². The molecule has 2 atom stereocenters. The first-order valence-corrected chi connectivity index (χ1v) is 4.90. The first-order valence-electron chi connectivity index (χ1n) is 3.52. The predicted molar refractivity (Wildman–Crippen MR) is 42.3 cm³/mol. The van der Waals surface area contributed by atoms with E-state index >= 15 is 0 Å². The number of rotatable bonds is 0. The lowest BCUT2D eigenvalue weighted by Crippen LogP contribution is -2.60. The molecule has 4 heteroatoms. The fraction of sp³-hybridized carbons (Fsp3) is 0.571. The molecule has 3 nitrogen and oxygen atoms in total. The zero-order valence-electron chi connectivity index (χ0n) is 6.08. The zero-order chi connectivity index (χ0) is 8.01. The normalized spacial score (nSPS) is 36.6. The van der Waals surface area contributed by atoms with Crippen LogP contribution in [-0.2, 0) is 16.0 Å². The van der Waals surface area contributed by atoms with Gasteiger partial charge >= 0.3 is 0 Å². The lowest BCUT2D eigenvalue weighted by molar-refractivity contribution is -0.141. The molecule has 2 aliphatic heterocycles. The van der Waals surface area contributed by atoms with Gasteiger partial charge in [-0.25, -0.2) is 0 Å². The van der Waals surface area contributed by atoms with Crippen molar-refractivity contribution < 1.29 is 9.35 Å². The minimum atomic E-state index is -0.873. The maximum atomic E-state index is 11.3. The highest BCUT2D eigenvalue weighted by Crippen LogP contribution is 2.30. The van der Waals surface area contributed by atoms with Crippen LogP contribution in [0.4, 0.5) is 0 Å². The Balaban J connectivity index is 2.12. The Labute approximate surface area is 68.2 Å². The summed E-state index contributed by atoms with van der Waals surface area (Å²) in [6, 6.07) is 0. The van der Waals surface area contributed by atoms with Crippen molar-refractivity contribution in [2.75, 3.05) is 12.3 Å². The highest BCUT2D eigenvalue weighted by atomic mass is 32.2. The van der Waals surface area contributed by atoms with Crippen LogP contribution in [0.2, 0.25) is 0 Å². The quantitative estimate of drug-likeness (QED) is 0.289. The van der Waals surface area contributed by atoms with E-state index in [1.807, 2.05) is 0 Å². The molecule has 2 heterocycles. The van der Waals surface area contributed by atoms with Crippen molar-refractivity contribution in [1.82, 2.24) is 4.90 Å². The van der Waals surface area contributed by atoms with Gasteiger partial charge in [0, 0.05) is 0 Å². The monoisotopic (exact) mass is 171 g/mol. The zero-order valence-corrected chi connectivity index (χ0v) is 6.89. The molecule has 0 saturated carbocycles. The summed E-state index contributed by atoms with van der Waals surface area (Å²) in [5.41, 5.74) is 0.910. The van der Waals surface area contributed by atoms with Gasteiger partial charge < -0.3 is 4.55 Å². The SMILES string of the molecule is C=C1CN2C(=O)C[C@@H]2[S+]([O-])C1. The minimum absolute atomic E-state index is 0.00741. The number of β-lactam (4-membered cyclic amide) rings is 1. The summed E-state index contributed by atoms with van der Waals surface area (Å²) < 4.78 is 11.3. The van der Waals surface area contributed by atoms with Gasteiger partial charge in [-0.2, -0.15) is 0 Å². The summed E-state index contributed by atoms with van der Waals surface area (Å²) in [6.45, 7) is 4.35.